The Morgan fingerprint density at radius 3 is 2.85 bits per heavy atom. The number of aromatic nitrogens is 2. The second-order valence-electron chi connectivity index (χ2n) is 6.90. The fraction of sp³-hybridized carbons (Fsp3) is 0.500. The smallest absolute Gasteiger partial charge is 0.161 e. The Balaban J connectivity index is 1.32. The average Bonchev–Trinajstić information content (AvgIpc) is 2.67. The van der Waals surface area contributed by atoms with Gasteiger partial charge in [0.05, 0.1) is 12.7 Å². The molecule has 26 heavy (non-hydrogen) atoms. The van der Waals surface area contributed by atoms with Gasteiger partial charge in [0.25, 0.3) is 0 Å². The highest BCUT2D eigenvalue weighted by molar-refractivity contribution is 5.43. The van der Waals surface area contributed by atoms with Gasteiger partial charge in [-0.3, -0.25) is 4.90 Å². The summed E-state index contributed by atoms with van der Waals surface area (Å²) >= 11 is 0. The van der Waals surface area contributed by atoms with Gasteiger partial charge >= 0.3 is 0 Å². The van der Waals surface area contributed by atoms with Gasteiger partial charge in [0, 0.05) is 31.0 Å². The van der Waals surface area contributed by atoms with Crippen LogP contribution in [0.3, 0.4) is 0 Å². The molecule has 2 aliphatic rings. The normalized spacial score (nSPS) is 20.1. The number of hydrogen-bond donors (Lipinski definition) is 0. The lowest BCUT2D eigenvalue weighted by Crippen LogP contribution is -2.42. The lowest BCUT2D eigenvalue weighted by atomic mass is 10.1. The van der Waals surface area contributed by atoms with E-state index in [1.54, 1.807) is 6.33 Å². The molecule has 6 nitrogen and oxygen atoms in total. The van der Waals surface area contributed by atoms with Gasteiger partial charge in [-0.05, 0) is 43.5 Å². The maximum Gasteiger partial charge on any atom is 0.161 e. The third kappa shape index (κ3) is 4.31. The van der Waals surface area contributed by atoms with Gasteiger partial charge in [-0.15, -0.1) is 0 Å². The molecule has 2 aromatic rings. The molecule has 1 unspecified atom stereocenters. The highest BCUT2D eigenvalue weighted by Crippen LogP contribution is 2.31. The third-order valence-corrected chi connectivity index (χ3v) is 4.82. The van der Waals surface area contributed by atoms with Crippen LogP contribution in [0.1, 0.15) is 23.4 Å². The molecule has 0 spiro atoms. The number of rotatable bonds is 5. The summed E-state index contributed by atoms with van der Waals surface area (Å²) in [6.07, 6.45) is 3.79. The molecule has 0 N–H and O–H groups in total. The van der Waals surface area contributed by atoms with E-state index in [4.69, 9.17) is 14.2 Å². The zero-order chi connectivity index (χ0) is 17.8. The second kappa shape index (κ2) is 8.01. The zero-order valence-electron chi connectivity index (χ0n) is 15.2. The molecule has 0 bridgehead atoms. The summed E-state index contributed by atoms with van der Waals surface area (Å²) in [5.41, 5.74) is 3.35. The van der Waals surface area contributed by atoms with Crippen molar-refractivity contribution in [2.24, 2.45) is 0 Å². The first-order valence-corrected chi connectivity index (χ1v) is 9.26. The molecule has 3 heterocycles. The number of benzene rings is 1. The number of ether oxygens (including phenoxy) is 3. The summed E-state index contributed by atoms with van der Waals surface area (Å²) in [6.45, 7) is 6.83. The van der Waals surface area contributed by atoms with Gasteiger partial charge in [0.15, 0.2) is 11.5 Å². The molecule has 1 saturated heterocycles. The van der Waals surface area contributed by atoms with E-state index in [0.29, 0.717) is 13.2 Å². The molecule has 1 fully saturated rings. The number of fused-ring (bicyclic) bond motifs is 1. The monoisotopic (exact) mass is 355 g/mol. The quantitative estimate of drug-likeness (QED) is 0.821. The van der Waals surface area contributed by atoms with E-state index in [0.717, 1.165) is 62.0 Å². The van der Waals surface area contributed by atoms with Gasteiger partial charge in [-0.2, -0.15) is 0 Å². The van der Waals surface area contributed by atoms with Crippen LogP contribution in [0.25, 0.3) is 0 Å². The van der Waals surface area contributed by atoms with E-state index in [9.17, 15) is 0 Å². The predicted octanol–water partition coefficient (Wildman–Crippen LogP) is 2.39. The van der Waals surface area contributed by atoms with Crippen molar-refractivity contribution in [1.82, 2.24) is 14.9 Å². The molecule has 0 radical (unpaired) electrons. The summed E-state index contributed by atoms with van der Waals surface area (Å²) in [6, 6.07) is 8.29. The number of morpholine rings is 1. The summed E-state index contributed by atoms with van der Waals surface area (Å²) in [4.78, 5) is 10.9. The van der Waals surface area contributed by atoms with Crippen LogP contribution in [0.5, 0.6) is 11.5 Å². The molecule has 138 valence electrons. The fourth-order valence-corrected chi connectivity index (χ4v) is 3.50. The predicted molar refractivity (Wildman–Crippen MR) is 97.5 cm³/mol. The second-order valence-corrected chi connectivity index (χ2v) is 6.90. The van der Waals surface area contributed by atoms with Crippen molar-refractivity contribution in [2.45, 2.75) is 32.4 Å². The average molecular weight is 355 g/mol. The Kier molecular flexibility index (Phi) is 5.32. The van der Waals surface area contributed by atoms with Crippen LogP contribution in [0.4, 0.5) is 0 Å². The molecule has 0 amide bonds. The summed E-state index contributed by atoms with van der Waals surface area (Å²) < 4.78 is 17.2. The van der Waals surface area contributed by atoms with Crippen molar-refractivity contribution in [2.75, 3.05) is 32.9 Å². The minimum Gasteiger partial charge on any atom is -0.486 e. The van der Waals surface area contributed by atoms with Gasteiger partial charge < -0.3 is 14.2 Å². The van der Waals surface area contributed by atoms with Crippen molar-refractivity contribution in [3.63, 3.8) is 0 Å². The van der Waals surface area contributed by atoms with Gasteiger partial charge in [0.2, 0.25) is 0 Å². The van der Waals surface area contributed by atoms with Crippen LogP contribution < -0.4 is 9.47 Å². The minimum atomic E-state index is 0.247. The molecule has 2 aliphatic heterocycles. The topological polar surface area (TPSA) is 56.7 Å². The van der Waals surface area contributed by atoms with Crippen LogP contribution in [-0.2, 0) is 17.7 Å². The molecule has 0 saturated carbocycles. The Morgan fingerprint density at radius 2 is 1.96 bits per heavy atom. The molecular formula is C20H25N3O3. The van der Waals surface area contributed by atoms with E-state index < -0.39 is 0 Å². The third-order valence-electron chi connectivity index (χ3n) is 4.82. The summed E-state index contributed by atoms with van der Waals surface area (Å²) in [7, 11) is 0. The Morgan fingerprint density at radius 1 is 1.08 bits per heavy atom. The molecule has 1 aromatic heterocycles. The van der Waals surface area contributed by atoms with E-state index in [2.05, 4.69) is 33.1 Å². The van der Waals surface area contributed by atoms with Crippen molar-refractivity contribution >= 4 is 0 Å². The van der Waals surface area contributed by atoms with E-state index in [1.807, 2.05) is 13.0 Å². The maximum absolute atomic E-state index is 5.96. The molecule has 1 atom stereocenters. The van der Waals surface area contributed by atoms with Crippen LogP contribution in [-0.4, -0.2) is 53.9 Å². The van der Waals surface area contributed by atoms with Crippen LogP contribution >= 0.6 is 0 Å². The maximum atomic E-state index is 5.96. The Labute approximate surface area is 154 Å². The van der Waals surface area contributed by atoms with Crippen molar-refractivity contribution in [1.29, 1.82) is 0 Å². The largest absolute Gasteiger partial charge is 0.486 e. The van der Waals surface area contributed by atoms with Crippen LogP contribution in [0.15, 0.2) is 30.6 Å². The van der Waals surface area contributed by atoms with Gasteiger partial charge in [0.1, 0.15) is 19.5 Å². The highest BCUT2D eigenvalue weighted by atomic mass is 16.6. The zero-order valence-corrected chi connectivity index (χ0v) is 15.2. The van der Waals surface area contributed by atoms with Gasteiger partial charge in [-0.1, -0.05) is 6.07 Å². The minimum absolute atomic E-state index is 0.247. The molecule has 0 aliphatic carbocycles. The van der Waals surface area contributed by atoms with Crippen molar-refractivity contribution in [3.8, 4) is 11.5 Å². The summed E-state index contributed by atoms with van der Waals surface area (Å²) in [5.74, 6) is 1.71. The standard InChI is InChI=1S/C20H25N3O3/c1-15-10-17(22-14-21-15)3-4-18-13-23(6-7-24-18)12-16-2-5-19-20(11-16)26-9-8-25-19/h2,5,10-11,14,18H,3-4,6-9,12-13H2,1H3. The molecule has 1 aromatic carbocycles. The van der Waals surface area contributed by atoms with Gasteiger partial charge in [-0.25, -0.2) is 9.97 Å². The SMILES string of the molecule is Cc1cc(CCC2CN(Cc3ccc4c(c3)OCCO4)CCO2)ncn1. The van der Waals surface area contributed by atoms with Crippen molar-refractivity contribution < 1.29 is 14.2 Å². The number of nitrogens with zero attached hydrogens (tertiary/aromatic N) is 3. The Bertz CT molecular complexity index is 753. The first kappa shape index (κ1) is 17.2. The van der Waals surface area contributed by atoms with Crippen LogP contribution in [0.2, 0.25) is 0 Å². The first-order chi connectivity index (χ1) is 12.8. The lowest BCUT2D eigenvalue weighted by Gasteiger charge is -2.33. The fourth-order valence-electron chi connectivity index (χ4n) is 3.50. The van der Waals surface area contributed by atoms with Crippen LogP contribution in [0, 0.1) is 6.92 Å². The molecule has 4 rings (SSSR count). The molecule has 6 heteroatoms. The summed E-state index contributed by atoms with van der Waals surface area (Å²) in [5, 5.41) is 0. The number of aryl methyl sites for hydroxylation is 2. The number of hydrogen-bond acceptors (Lipinski definition) is 6. The highest BCUT2D eigenvalue weighted by Gasteiger charge is 2.21. The molecular weight excluding hydrogens is 330 g/mol. The Hall–Kier alpha value is -2.18. The van der Waals surface area contributed by atoms with E-state index in [-0.39, 0.29) is 6.10 Å². The first-order valence-electron chi connectivity index (χ1n) is 9.26. The lowest BCUT2D eigenvalue weighted by molar-refractivity contribution is -0.0347. The van der Waals surface area contributed by atoms with E-state index >= 15 is 0 Å². The van der Waals surface area contributed by atoms with E-state index in [1.165, 1.54) is 5.56 Å². The van der Waals surface area contributed by atoms with Crippen molar-refractivity contribution in [3.05, 3.63) is 47.5 Å².